The summed E-state index contributed by atoms with van der Waals surface area (Å²) in [7, 11) is -3.56. The standard InChI is InChI=1S/C25H30N2O3S/c1-3-21-12-8-9-15-27(21)25(28)17-26-16-24(22-13-6-7-14-23(22)26)31(29,30)18-20-11-5-4-10-19(20)2/h4-7,10-11,13-14,16,21H,3,8-9,12,15,17-18H2,1-2H3. The SMILES string of the molecule is CCC1CCCCN1C(=O)Cn1cc(S(=O)(=O)Cc2ccccc2C)c2ccccc21. The van der Waals surface area contributed by atoms with Crippen LogP contribution in [-0.2, 0) is 26.9 Å². The second-order valence-electron chi connectivity index (χ2n) is 8.47. The molecule has 2 heterocycles. The molecule has 1 aliphatic rings. The van der Waals surface area contributed by atoms with Crippen molar-refractivity contribution in [1.29, 1.82) is 0 Å². The van der Waals surface area contributed by atoms with Gasteiger partial charge in [-0.1, -0.05) is 49.4 Å². The number of carbonyl (C=O) groups is 1. The van der Waals surface area contributed by atoms with Crippen molar-refractivity contribution in [3.8, 4) is 0 Å². The van der Waals surface area contributed by atoms with E-state index in [0.717, 1.165) is 48.9 Å². The van der Waals surface area contributed by atoms with Crippen molar-refractivity contribution in [3.05, 3.63) is 65.9 Å². The fourth-order valence-corrected chi connectivity index (χ4v) is 6.32. The van der Waals surface area contributed by atoms with Gasteiger partial charge in [-0.2, -0.15) is 0 Å². The summed E-state index contributed by atoms with van der Waals surface area (Å²) in [6.07, 6.45) is 5.85. The number of rotatable bonds is 6. The quantitative estimate of drug-likeness (QED) is 0.560. The Bertz CT molecular complexity index is 1200. The number of amides is 1. The second kappa shape index (κ2) is 8.87. The molecule has 0 spiro atoms. The molecule has 1 atom stereocenters. The zero-order valence-corrected chi connectivity index (χ0v) is 19.1. The number of para-hydroxylation sites is 1. The Morgan fingerprint density at radius 1 is 1.06 bits per heavy atom. The highest BCUT2D eigenvalue weighted by molar-refractivity contribution is 7.90. The molecule has 6 heteroatoms. The topological polar surface area (TPSA) is 59.4 Å². The number of nitrogens with zero attached hydrogens (tertiary/aromatic N) is 2. The van der Waals surface area contributed by atoms with Crippen LogP contribution in [0.4, 0.5) is 0 Å². The van der Waals surface area contributed by atoms with Crippen molar-refractivity contribution < 1.29 is 13.2 Å². The molecule has 1 unspecified atom stereocenters. The molecule has 0 radical (unpaired) electrons. The van der Waals surface area contributed by atoms with E-state index in [9.17, 15) is 13.2 Å². The van der Waals surface area contributed by atoms with Crippen molar-refractivity contribution in [2.75, 3.05) is 6.54 Å². The normalized spacial score (nSPS) is 17.2. The number of carbonyl (C=O) groups excluding carboxylic acids is 1. The van der Waals surface area contributed by atoms with Gasteiger partial charge in [0, 0.05) is 29.7 Å². The molecule has 5 nitrogen and oxygen atoms in total. The Morgan fingerprint density at radius 3 is 2.58 bits per heavy atom. The Balaban J connectivity index is 1.67. The molecule has 1 aromatic heterocycles. The summed E-state index contributed by atoms with van der Waals surface area (Å²) in [5.74, 6) is 0.0150. The van der Waals surface area contributed by atoms with E-state index in [-0.39, 0.29) is 24.2 Å². The zero-order valence-electron chi connectivity index (χ0n) is 18.3. The van der Waals surface area contributed by atoms with Crippen molar-refractivity contribution in [2.24, 2.45) is 0 Å². The number of hydrogen-bond donors (Lipinski definition) is 0. The van der Waals surface area contributed by atoms with E-state index in [0.29, 0.717) is 10.3 Å². The molecule has 31 heavy (non-hydrogen) atoms. The van der Waals surface area contributed by atoms with Gasteiger partial charge < -0.3 is 9.47 Å². The lowest BCUT2D eigenvalue weighted by molar-refractivity contribution is -0.135. The maximum absolute atomic E-state index is 13.4. The lowest BCUT2D eigenvalue weighted by atomic mass is 10.00. The van der Waals surface area contributed by atoms with Gasteiger partial charge in [0.25, 0.3) is 0 Å². The molecule has 2 aromatic carbocycles. The molecular weight excluding hydrogens is 408 g/mol. The molecule has 1 saturated heterocycles. The summed E-state index contributed by atoms with van der Waals surface area (Å²) < 4.78 is 28.5. The number of hydrogen-bond acceptors (Lipinski definition) is 3. The van der Waals surface area contributed by atoms with Crippen LogP contribution in [0.3, 0.4) is 0 Å². The van der Waals surface area contributed by atoms with Crippen LogP contribution in [0.2, 0.25) is 0 Å². The Hall–Kier alpha value is -2.60. The summed E-state index contributed by atoms with van der Waals surface area (Å²) in [5, 5.41) is 0.676. The third kappa shape index (κ3) is 4.40. The highest BCUT2D eigenvalue weighted by Crippen LogP contribution is 2.29. The van der Waals surface area contributed by atoms with E-state index >= 15 is 0 Å². The fraction of sp³-hybridized carbons (Fsp3) is 0.400. The molecule has 0 N–H and O–H groups in total. The van der Waals surface area contributed by atoms with Gasteiger partial charge in [-0.3, -0.25) is 4.79 Å². The second-order valence-corrected chi connectivity index (χ2v) is 10.4. The molecule has 1 aliphatic heterocycles. The lowest BCUT2D eigenvalue weighted by Gasteiger charge is -2.35. The number of aromatic nitrogens is 1. The van der Waals surface area contributed by atoms with E-state index in [4.69, 9.17) is 0 Å². The van der Waals surface area contributed by atoms with Crippen molar-refractivity contribution in [1.82, 2.24) is 9.47 Å². The van der Waals surface area contributed by atoms with Gasteiger partial charge in [0.2, 0.25) is 5.91 Å². The maximum atomic E-state index is 13.4. The largest absolute Gasteiger partial charge is 0.338 e. The third-order valence-corrected chi connectivity index (χ3v) is 8.10. The van der Waals surface area contributed by atoms with E-state index in [1.807, 2.05) is 64.9 Å². The Morgan fingerprint density at radius 2 is 1.81 bits per heavy atom. The summed E-state index contributed by atoms with van der Waals surface area (Å²) in [4.78, 5) is 15.4. The minimum atomic E-state index is -3.56. The first-order chi connectivity index (χ1) is 14.9. The van der Waals surface area contributed by atoms with Gasteiger partial charge in [-0.05, 0) is 49.8 Å². The van der Waals surface area contributed by atoms with Crippen molar-refractivity contribution >= 4 is 26.6 Å². The van der Waals surface area contributed by atoms with Crippen LogP contribution in [0.1, 0.15) is 43.7 Å². The van der Waals surface area contributed by atoms with Crippen LogP contribution >= 0.6 is 0 Å². The first kappa shape index (κ1) is 21.6. The average Bonchev–Trinajstić information content (AvgIpc) is 3.14. The monoisotopic (exact) mass is 438 g/mol. The van der Waals surface area contributed by atoms with E-state index < -0.39 is 9.84 Å². The van der Waals surface area contributed by atoms with Crippen molar-refractivity contribution in [2.45, 2.75) is 62.8 Å². The molecule has 164 valence electrons. The smallest absolute Gasteiger partial charge is 0.242 e. The van der Waals surface area contributed by atoms with Gasteiger partial charge in [0.15, 0.2) is 9.84 Å². The van der Waals surface area contributed by atoms with Gasteiger partial charge in [0.1, 0.15) is 6.54 Å². The summed E-state index contributed by atoms with van der Waals surface area (Å²) >= 11 is 0. The highest BCUT2D eigenvalue weighted by atomic mass is 32.2. The average molecular weight is 439 g/mol. The number of sulfone groups is 1. The number of aryl methyl sites for hydroxylation is 1. The van der Waals surface area contributed by atoms with Gasteiger partial charge in [-0.15, -0.1) is 0 Å². The molecule has 0 bridgehead atoms. The van der Waals surface area contributed by atoms with E-state index in [1.54, 1.807) is 6.20 Å². The number of likely N-dealkylation sites (tertiary alicyclic amines) is 1. The number of benzene rings is 2. The van der Waals surface area contributed by atoms with Crippen LogP contribution in [0.25, 0.3) is 10.9 Å². The van der Waals surface area contributed by atoms with E-state index in [1.165, 1.54) is 0 Å². The first-order valence-corrected chi connectivity index (χ1v) is 12.7. The fourth-order valence-electron chi connectivity index (χ4n) is 4.64. The van der Waals surface area contributed by atoms with Crippen LogP contribution < -0.4 is 0 Å². The summed E-state index contributed by atoms with van der Waals surface area (Å²) in [5.41, 5.74) is 2.54. The predicted molar refractivity (Wildman–Crippen MR) is 124 cm³/mol. The molecule has 1 fully saturated rings. The predicted octanol–water partition coefficient (Wildman–Crippen LogP) is 4.71. The molecule has 0 aliphatic carbocycles. The van der Waals surface area contributed by atoms with Crippen LogP contribution in [-0.4, -0.2) is 36.4 Å². The lowest BCUT2D eigenvalue weighted by Crippen LogP contribution is -2.44. The minimum absolute atomic E-state index is 0.0499. The summed E-state index contributed by atoms with van der Waals surface area (Å²) in [6, 6.07) is 15.3. The first-order valence-electron chi connectivity index (χ1n) is 11.1. The zero-order chi connectivity index (χ0) is 22.0. The molecule has 3 aromatic rings. The maximum Gasteiger partial charge on any atom is 0.242 e. The number of fused-ring (bicyclic) bond motifs is 1. The van der Waals surface area contributed by atoms with Crippen LogP contribution in [0.5, 0.6) is 0 Å². The minimum Gasteiger partial charge on any atom is -0.338 e. The molecule has 4 rings (SSSR count). The highest BCUT2D eigenvalue weighted by Gasteiger charge is 2.27. The Labute approximate surface area is 184 Å². The molecule has 0 saturated carbocycles. The van der Waals surface area contributed by atoms with Crippen LogP contribution in [0.15, 0.2) is 59.6 Å². The van der Waals surface area contributed by atoms with Crippen LogP contribution in [0, 0.1) is 6.92 Å². The van der Waals surface area contributed by atoms with Crippen molar-refractivity contribution in [3.63, 3.8) is 0 Å². The number of piperidine rings is 1. The van der Waals surface area contributed by atoms with Gasteiger partial charge in [-0.25, -0.2) is 8.42 Å². The van der Waals surface area contributed by atoms with Gasteiger partial charge >= 0.3 is 0 Å². The third-order valence-electron chi connectivity index (χ3n) is 6.42. The molecular formula is C25H30N2O3S. The summed E-state index contributed by atoms with van der Waals surface area (Å²) in [6.45, 7) is 5.00. The molecule has 1 amide bonds. The van der Waals surface area contributed by atoms with E-state index in [2.05, 4.69) is 6.92 Å². The Kier molecular flexibility index (Phi) is 6.19. The van der Waals surface area contributed by atoms with Gasteiger partial charge in [0.05, 0.1) is 10.6 Å².